The Hall–Kier alpha value is -2.77. The summed E-state index contributed by atoms with van der Waals surface area (Å²) in [4.78, 5) is 40.2. The van der Waals surface area contributed by atoms with Gasteiger partial charge in [0.25, 0.3) is 5.91 Å². The van der Waals surface area contributed by atoms with E-state index in [2.05, 4.69) is 31.4 Å². The minimum absolute atomic E-state index is 0.0557. The molecule has 1 spiro atoms. The van der Waals surface area contributed by atoms with E-state index in [-0.39, 0.29) is 35.7 Å². The molecule has 8 nitrogen and oxygen atoms in total. The van der Waals surface area contributed by atoms with Gasteiger partial charge in [0.05, 0.1) is 6.04 Å². The summed E-state index contributed by atoms with van der Waals surface area (Å²) in [7, 11) is 0. The van der Waals surface area contributed by atoms with E-state index in [9.17, 15) is 14.4 Å². The number of imide groups is 1. The molecule has 1 aromatic rings. The van der Waals surface area contributed by atoms with Crippen LogP contribution in [0.25, 0.3) is 0 Å². The van der Waals surface area contributed by atoms with E-state index in [1.165, 1.54) is 0 Å². The standard InChI is InChI=1S/C25H35N3O5/c1-15(2)21(17-6-7-18-19(10-17)33-9-8-32-18)26-20(29)13-28-22(30)25(27-23(28)31)12-16(3)11-24(4,5)14-25/h6-7,10,15-16,21H,8-9,11-14H2,1-5H3,(H,26,29)(H,27,31)/t16-,21-,25+/m1/s1. The zero-order chi connectivity index (χ0) is 24.0. The summed E-state index contributed by atoms with van der Waals surface area (Å²) in [5.41, 5.74) is -0.0785. The minimum Gasteiger partial charge on any atom is -0.486 e. The van der Waals surface area contributed by atoms with Gasteiger partial charge >= 0.3 is 6.03 Å². The molecule has 2 heterocycles. The fourth-order valence-electron chi connectivity index (χ4n) is 5.90. The van der Waals surface area contributed by atoms with Gasteiger partial charge in [0.15, 0.2) is 11.5 Å². The third-order valence-corrected chi connectivity index (χ3v) is 6.83. The van der Waals surface area contributed by atoms with Gasteiger partial charge in [-0.15, -0.1) is 0 Å². The first kappa shape index (κ1) is 23.4. The van der Waals surface area contributed by atoms with Crippen molar-refractivity contribution < 1.29 is 23.9 Å². The third kappa shape index (κ3) is 4.66. The van der Waals surface area contributed by atoms with Gasteiger partial charge in [-0.3, -0.25) is 14.5 Å². The molecule has 180 valence electrons. The summed E-state index contributed by atoms with van der Waals surface area (Å²) in [6.07, 6.45) is 2.19. The largest absolute Gasteiger partial charge is 0.486 e. The number of rotatable bonds is 5. The van der Waals surface area contributed by atoms with Gasteiger partial charge in [-0.1, -0.05) is 40.7 Å². The van der Waals surface area contributed by atoms with E-state index >= 15 is 0 Å². The summed E-state index contributed by atoms with van der Waals surface area (Å²) in [5.74, 6) is 1.09. The summed E-state index contributed by atoms with van der Waals surface area (Å²) < 4.78 is 11.3. The highest BCUT2D eigenvalue weighted by atomic mass is 16.6. The number of urea groups is 1. The second-order valence-corrected chi connectivity index (χ2v) is 11.0. The van der Waals surface area contributed by atoms with Crippen LogP contribution >= 0.6 is 0 Å². The topological polar surface area (TPSA) is 97.0 Å². The molecule has 0 bridgehead atoms. The van der Waals surface area contributed by atoms with Gasteiger partial charge < -0.3 is 20.1 Å². The molecule has 3 atom stereocenters. The lowest BCUT2D eigenvalue weighted by Gasteiger charge is -2.43. The Bertz CT molecular complexity index is 959. The molecular formula is C25H35N3O5. The number of ether oxygens (including phenoxy) is 2. The highest BCUT2D eigenvalue weighted by Gasteiger charge is 2.56. The normalized spacial score (nSPS) is 27.0. The Labute approximate surface area is 195 Å². The lowest BCUT2D eigenvalue weighted by Crippen LogP contribution is -2.54. The Kier molecular flexibility index (Phi) is 6.05. The molecule has 1 saturated carbocycles. The van der Waals surface area contributed by atoms with Crippen molar-refractivity contribution in [2.45, 2.75) is 65.5 Å². The van der Waals surface area contributed by atoms with Crippen LogP contribution in [0, 0.1) is 17.3 Å². The van der Waals surface area contributed by atoms with Gasteiger partial charge in [0.1, 0.15) is 25.3 Å². The summed E-state index contributed by atoms with van der Waals surface area (Å²) in [6.45, 7) is 11.1. The van der Waals surface area contributed by atoms with E-state index in [4.69, 9.17) is 9.47 Å². The van der Waals surface area contributed by atoms with E-state index in [1.54, 1.807) is 0 Å². The monoisotopic (exact) mass is 457 g/mol. The molecule has 4 amide bonds. The number of hydrogen-bond acceptors (Lipinski definition) is 5. The van der Waals surface area contributed by atoms with Crippen LogP contribution in [-0.2, 0) is 9.59 Å². The maximum absolute atomic E-state index is 13.3. The molecule has 4 rings (SSSR count). The zero-order valence-corrected chi connectivity index (χ0v) is 20.2. The summed E-state index contributed by atoms with van der Waals surface area (Å²) in [5, 5.41) is 5.94. The highest BCUT2D eigenvalue weighted by molar-refractivity contribution is 6.09. The second-order valence-electron chi connectivity index (χ2n) is 11.0. The van der Waals surface area contributed by atoms with Crippen LogP contribution in [0.4, 0.5) is 4.79 Å². The van der Waals surface area contributed by atoms with Crippen molar-refractivity contribution in [3.63, 3.8) is 0 Å². The predicted molar refractivity (Wildman–Crippen MR) is 123 cm³/mol. The molecule has 2 aliphatic heterocycles. The third-order valence-electron chi connectivity index (χ3n) is 6.83. The van der Waals surface area contributed by atoms with Crippen molar-refractivity contribution in [3.8, 4) is 11.5 Å². The molecule has 8 heteroatoms. The van der Waals surface area contributed by atoms with Crippen molar-refractivity contribution in [1.29, 1.82) is 0 Å². The zero-order valence-electron chi connectivity index (χ0n) is 20.2. The smallest absolute Gasteiger partial charge is 0.325 e. The van der Waals surface area contributed by atoms with Gasteiger partial charge in [0.2, 0.25) is 5.91 Å². The number of benzene rings is 1. The number of amides is 4. The average molecular weight is 458 g/mol. The van der Waals surface area contributed by atoms with Crippen LogP contribution in [-0.4, -0.2) is 48.0 Å². The molecule has 0 aromatic heterocycles. The summed E-state index contributed by atoms with van der Waals surface area (Å²) in [6, 6.07) is 4.86. The lowest BCUT2D eigenvalue weighted by atomic mass is 9.64. The van der Waals surface area contributed by atoms with Crippen molar-refractivity contribution in [2.75, 3.05) is 19.8 Å². The van der Waals surface area contributed by atoms with Crippen molar-refractivity contribution in [2.24, 2.45) is 17.3 Å². The van der Waals surface area contributed by atoms with Crippen LogP contribution in [0.1, 0.15) is 65.5 Å². The molecule has 1 aliphatic carbocycles. The molecule has 0 unspecified atom stereocenters. The van der Waals surface area contributed by atoms with Crippen LogP contribution in [0.15, 0.2) is 18.2 Å². The van der Waals surface area contributed by atoms with Crippen molar-refractivity contribution >= 4 is 17.8 Å². The molecule has 1 aromatic carbocycles. The quantitative estimate of drug-likeness (QED) is 0.661. The molecule has 2 fully saturated rings. The second kappa shape index (κ2) is 8.54. The first-order valence-electron chi connectivity index (χ1n) is 11.8. The van der Waals surface area contributed by atoms with E-state index in [0.717, 1.165) is 16.9 Å². The predicted octanol–water partition coefficient (Wildman–Crippen LogP) is 3.41. The number of nitrogens with zero attached hydrogens (tertiary/aromatic N) is 1. The fourth-order valence-corrected chi connectivity index (χ4v) is 5.90. The molecule has 0 radical (unpaired) electrons. The van der Waals surface area contributed by atoms with Gasteiger partial charge in [0, 0.05) is 0 Å². The van der Waals surface area contributed by atoms with Crippen molar-refractivity contribution in [3.05, 3.63) is 23.8 Å². The van der Waals surface area contributed by atoms with Gasteiger partial charge in [-0.05, 0) is 54.2 Å². The number of carbonyl (C=O) groups excluding carboxylic acids is 3. The summed E-state index contributed by atoms with van der Waals surface area (Å²) >= 11 is 0. The van der Waals surface area contributed by atoms with E-state index < -0.39 is 11.6 Å². The van der Waals surface area contributed by atoms with Gasteiger partial charge in [-0.2, -0.15) is 0 Å². The SMILES string of the molecule is CC(C)[C@@H](NC(=O)CN1C(=O)N[C@]2(C[C@H](C)CC(C)(C)C2)C1=O)c1ccc2c(c1)OCCO2. The maximum atomic E-state index is 13.3. The average Bonchev–Trinajstić information content (AvgIpc) is 2.93. The Balaban J connectivity index is 1.47. The Morgan fingerprint density at radius 1 is 1.18 bits per heavy atom. The molecular weight excluding hydrogens is 422 g/mol. The Morgan fingerprint density at radius 2 is 1.88 bits per heavy atom. The molecule has 2 N–H and O–H groups in total. The lowest BCUT2D eigenvalue weighted by molar-refractivity contribution is -0.137. The first-order chi connectivity index (χ1) is 15.5. The van der Waals surface area contributed by atoms with Crippen LogP contribution in [0.5, 0.6) is 11.5 Å². The number of nitrogens with one attached hydrogen (secondary N) is 2. The van der Waals surface area contributed by atoms with E-state index in [0.29, 0.717) is 43.5 Å². The Morgan fingerprint density at radius 3 is 2.55 bits per heavy atom. The number of hydrogen-bond donors (Lipinski definition) is 2. The number of fused-ring (bicyclic) bond motifs is 1. The maximum Gasteiger partial charge on any atom is 0.325 e. The molecule has 3 aliphatic rings. The molecule has 33 heavy (non-hydrogen) atoms. The van der Waals surface area contributed by atoms with Crippen molar-refractivity contribution in [1.82, 2.24) is 15.5 Å². The van der Waals surface area contributed by atoms with Crippen LogP contribution < -0.4 is 20.1 Å². The van der Waals surface area contributed by atoms with Crippen LogP contribution in [0.2, 0.25) is 0 Å². The van der Waals surface area contributed by atoms with E-state index in [1.807, 2.05) is 32.0 Å². The van der Waals surface area contributed by atoms with Gasteiger partial charge in [-0.25, -0.2) is 4.79 Å². The molecule has 1 saturated heterocycles. The highest BCUT2D eigenvalue weighted by Crippen LogP contribution is 2.46. The van der Waals surface area contributed by atoms with Crippen LogP contribution in [0.3, 0.4) is 0 Å². The number of carbonyl (C=O) groups is 3. The first-order valence-corrected chi connectivity index (χ1v) is 11.8. The fraction of sp³-hybridized carbons (Fsp3) is 0.640. The minimum atomic E-state index is -0.911.